The average Bonchev–Trinajstić information content (AvgIpc) is 3.08. The number of hydrogen-bond donors (Lipinski definition) is 1. The lowest BCUT2D eigenvalue weighted by Gasteiger charge is -2.18. The highest BCUT2D eigenvalue weighted by atomic mass is 16.4. The van der Waals surface area contributed by atoms with E-state index in [1.807, 2.05) is 6.20 Å². The van der Waals surface area contributed by atoms with Crippen molar-refractivity contribution in [1.82, 2.24) is 10.3 Å². The maximum atomic E-state index is 5.88. The molecule has 2 atom stereocenters. The van der Waals surface area contributed by atoms with Crippen molar-refractivity contribution < 1.29 is 4.42 Å². The molecule has 0 amide bonds. The topological polar surface area (TPSA) is 38.1 Å². The Bertz CT molecular complexity index is 568. The van der Waals surface area contributed by atoms with Crippen LogP contribution in [-0.4, -0.2) is 10.5 Å². The predicted molar refractivity (Wildman–Crippen MR) is 79.6 cm³/mol. The molecule has 1 saturated carbocycles. The van der Waals surface area contributed by atoms with Gasteiger partial charge in [0, 0.05) is 11.5 Å². The van der Waals surface area contributed by atoms with Crippen molar-refractivity contribution in [2.24, 2.45) is 0 Å². The Balaban J connectivity index is 1.62. The fourth-order valence-electron chi connectivity index (χ4n) is 2.50. The third kappa shape index (κ3) is 3.10. The highest BCUT2D eigenvalue weighted by Gasteiger charge is 2.42. The largest absolute Gasteiger partial charge is 0.444 e. The van der Waals surface area contributed by atoms with E-state index in [0.29, 0.717) is 18.4 Å². The van der Waals surface area contributed by atoms with Gasteiger partial charge in [-0.05, 0) is 38.7 Å². The third-order valence-electron chi connectivity index (χ3n) is 3.73. The number of rotatable bonds is 4. The highest BCUT2D eigenvalue weighted by molar-refractivity contribution is 5.31. The molecule has 1 aromatic carbocycles. The van der Waals surface area contributed by atoms with Crippen LogP contribution in [0, 0.1) is 0 Å². The van der Waals surface area contributed by atoms with Crippen molar-refractivity contribution in [2.75, 3.05) is 0 Å². The van der Waals surface area contributed by atoms with Crippen LogP contribution in [0.25, 0.3) is 0 Å². The van der Waals surface area contributed by atoms with Gasteiger partial charge in [-0.15, -0.1) is 0 Å². The van der Waals surface area contributed by atoms with Gasteiger partial charge in [-0.3, -0.25) is 0 Å². The molecule has 0 aliphatic heterocycles. The summed E-state index contributed by atoms with van der Waals surface area (Å²) in [5.41, 5.74) is 1.49. The first-order chi connectivity index (χ1) is 9.53. The molecule has 1 fully saturated rings. The number of benzene rings is 1. The highest BCUT2D eigenvalue weighted by Crippen LogP contribution is 2.54. The predicted octanol–water partition coefficient (Wildman–Crippen LogP) is 3.83. The van der Waals surface area contributed by atoms with Crippen molar-refractivity contribution in [1.29, 1.82) is 0 Å². The van der Waals surface area contributed by atoms with Crippen molar-refractivity contribution in [2.45, 2.75) is 51.1 Å². The molecule has 106 valence electrons. The van der Waals surface area contributed by atoms with E-state index in [4.69, 9.17) is 4.42 Å². The van der Waals surface area contributed by atoms with Crippen LogP contribution >= 0.6 is 0 Å². The fourth-order valence-corrected chi connectivity index (χ4v) is 2.50. The quantitative estimate of drug-likeness (QED) is 0.917. The number of oxazole rings is 1. The molecule has 0 saturated heterocycles. The van der Waals surface area contributed by atoms with Crippen molar-refractivity contribution in [3.05, 3.63) is 53.7 Å². The van der Waals surface area contributed by atoms with Crippen LogP contribution in [0.4, 0.5) is 0 Å². The van der Waals surface area contributed by atoms with Gasteiger partial charge in [0.15, 0.2) is 0 Å². The molecule has 1 aliphatic carbocycles. The smallest absolute Gasteiger partial charge is 0.208 e. The first kappa shape index (κ1) is 13.4. The minimum absolute atomic E-state index is 0.0841. The summed E-state index contributed by atoms with van der Waals surface area (Å²) in [5.74, 6) is 2.93. The lowest BCUT2D eigenvalue weighted by Crippen LogP contribution is -2.35. The minimum Gasteiger partial charge on any atom is -0.444 e. The van der Waals surface area contributed by atoms with Gasteiger partial charge < -0.3 is 9.73 Å². The second-order valence-corrected chi connectivity index (χ2v) is 6.62. The Labute approximate surface area is 120 Å². The molecule has 2 aromatic rings. The first-order valence-electron chi connectivity index (χ1n) is 7.27. The molecule has 1 aromatic heterocycles. The van der Waals surface area contributed by atoms with Crippen LogP contribution in [-0.2, 0) is 6.54 Å². The fraction of sp³-hybridized carbons (Fsp3) is 0.471. The summed E-state index contributed by atoms with van der Waals surface area (Å²) in [5, 5.41) is 3.40. The molecule has 0 bridgehead atoms. The van der Waals surface area contributed by atoms with E-state index in [9.17, 15) is 0 Å². The van der Waals surface area contributed by atoms with Crippen molar-refractivity contribution in [3.8, 4) is 0 Å². The number of nitrogens with zero attached hydrogens (tertiary/aromatic N) is 1. The summed E-state index contributed by atoms with van der Waals surface area (Å²) in [6, 6.07) is 10.7. The molecule has 0 spiro atoms. The lowest BCUT2D eigenvalue weighted by atomic mass is 10.1. The normalized spacial score (nSPS) is 21.9. The van der Waals surface area contributed by atoms with Gasteiger partial charge in [0.25, 0.3) is 0 Å². The molecule has 0 radical (unpaired) electrons. The van der Waals surface area contributed by atoms with Gasteiger partial charge in [-0.25, -0.2) is 4.98 Å². The Kier molecular flexibility index (Phi) is 3.38. The molecule has 1 N–H and O–H groups in total. The Morgan fingerprint density at radius 2 is 1.95 bits per heavy atom. The molecule has 20 heavy (non-hydrogen) atoms. The van der Waals surface area contributed by atoms with Gasteiger partial charge in [0.1, 0.15) is 5.76 Å². The maximum absolute atomic E-state index is 5.88. The van der Waals surface area contributed by atoms with Crippen molar-refractivity contribution >= 4 is 0 Å². The maximum Gasteiger partial charge on any atom is 0.208 e. The van der Waals surface area contributed by atoms with Crippen LogP contribution in [0.3, 0.4) is 0 Å². The van der Waals surface area contributed by atoms with Crippen molar-refractivity contribution in [3.63, 3.8) is 0 Å². The van der Waals surface area contributed by atoms with E-state index in [2.05, 4.69) is 61.4 Å². The summed E-state index contributed by atoms with van der Waals surface area (Å²) >= 11 is 0. The van der Waals surface area contributed by atoms with Crippen LogP contribution in [0.1, 0.15) is 56.2 Å². The standard InChI is InChI=1S/C17H22N2O/c1-17(2,3)19-11-16-18-10-15(20-16)14-9-13(14)12-7-5-4-6-8-12/h4-8,10,13-14,19H,9,11H2,1-3H3. The van der Waals surface area contributed by atoms with E-state index in [1.165, 1.54) is 12.0 Å². The van der Waals surface area contributed by atoms with Gasteiger partial charge in [-0.2, -0.15) is 0 Å². The molecular weight excluding hydrogens is 248 g/mol. The van der Waals surface area contributed by atoms with E-state index in [-0.39, 0.29) is 5.54 Å². The Morgan fingerprint density at radius 1 is 1.20 bits per heavy atom. The molecule has 1 aliphatic rings. The van der Waals surface area contributed by atoms with Crippen LogP contribution in [0.15, 0.2) is 40.9 Å². The molecule has 3 heteroatoms. The Hall–Kier alpha value is -1.61. The van der Waals surface area contributed by atoms with E-state index in [0.717, 1.165) is 11.7 Å². The van der Waals surface area contributed by atoms with E-state index in [1.54, 1.807) is 0 Å². The zero-order chi connectivity index (χ0) is 14.2. The first-order valence-corrected chi connectivity index (χ1v) is 7.27. The summed E-state index contributed by atoms with van der Waals surface area (Å²) in [4.78, 5) is 4.38. The van der Waals surface area contributed by atoms with Gasteiger partial charge in [0.2, 0.25) is 5.89 Å². The molecule has 3 rings (SSSR count). The van der Waals surface area contributed by atoms with E-state index >= 15 is 0 Å². The second kappa shape index (κ2) is 5.06. The molecule has 2 unspecified atom stereocenters. The monoisotopic (exact) mass is 270 g/mol. The zero-order valence-electron chi connectivity index (χ0n) is 12.4. The summed E-state index contributed by atoms with van der Waals surface area (Å²) in [6.45, 7) is 7.11. The van der Waals surface area contributed by atoms with Gasteiger partial charge in [-0.1, -0.05) is 30.3 Å². The van der Waals surface area contributed by atoms with Crippen LogP contribution in [0.2, 0.25) is 0 Å². The third-order valence-corrected chi connectivity index (χ3v) is 3.73. The SMILES string of the molecule is CC(C)(C)NCc1ncc(C2CC2c2ccccc2)o1. The summed E-state index contributed by atoms with van der Waals surface area (Å²) in [6.07, 6.45) is 3.07. The average molecular weight is 270 g/mol. The summed E-state index contributed by atoms with van der Waals surface area (Å²) < 4.78 is 5.88. The molecule has 3 nitrogen and oxygen atoms in total. The van der Waals surface area contributed by atoms with Gasteiger partial charge >= 0.3 is 0 Å². The zero-order valence-corrected chi connectivity index (χ0v) is 12.4. The summed E-state index contributed by atoms with van der Waals surface area (Å²) in [7, 11) is 0. The number of hydrogen-bond acceptors (Lipinski definition) is 3. The van der Waals surface area contributed by atoms with Gasteiger partial charge in [0.05, 0.1) is 12.7 Å². The number of nitrogens with one attached hydrogen (secondary N) is 1. The molecular formula is C17H22N2O. The number of aromatic nitrogens is 1. The minimum atomic E-state index is 0.0841. The Morgan fingerprint density at radius 3 is 2.65 bits per heavy atom. The lowest BCUT2D eigenvalue weighted by molar-refractivity contribution is 0.371. The van der Waals surface area contributed by atoms with Crippen LogP contribution in [0.5, 0.6) is 0 Å². The van der Waals surface area contributed by atoms with E-state index < -0.39 is 0 Å². The second-order valence-electron chi connectivity index (χ2n) is 6.62. The molecule has 1 heterocycles. The van der Waals surface area contributed by atoms with Crippen LogP contribution < -0.4 is 5.32 Å².